The molecule has 1 aromatic heterocycles. The summed E-state index contributed by atoms with van der Waals surface area (Å²) in [5.74, 6) is -0.830. The van der Waals surface area contributed by atoms with Crippen LogP contribution >= 0.6 is 27.3 Å². The number of carboxylic acids is 1. The smallest absolute Gasteiger partial charge is 0.331 e. The van der Waals surface area contributed by atoms with Gasteiger partial charge in [-0.2, -0.15) is 0 Å². The lowest BCUT2D eigenvalue weighted by Gasteiger charge is -2.00. The van der Waals surface area contributed by atoms with Gasteiger partial charge >= 0.3 is 5.97 Å². The molecule has 1 aromatic rings. The number of rotatable bonds is 6. The van der Waals surface area contributed by atoms with Crippen LogP contribution < -0.4 is 5.32 Å². The second-order valence-corrected chi connectivity index (χ2v) is 5.16. The van der Waals surface area contributed by atoms with Crippen molar-refractivity contribution in [1.29, 1.82) is 0 Å². The fourth-order valence-electron chi connectivity index (χ4n) is 1.22. The Labute approximate surface area is 107 Å². The number of halogens is 1. The van der Waals surface area contributed by atoms with Gasteiger partial charge in [-0.3, -0.25) is 0 Å². The van der Waals surface area contributed by atoms with Crippen LogP contribution in [0.5, 0.6) is 0 Å². The van der Waals surface area contributed by atoms with E-state index in [2.05, 4.69) is 27.3 Å². The van der Waals surface area contributed by atoms with Gasteiger partial charge in [-0.05, 0) is 28.4 Å². The van der Waals surface area contributed by atoms with Crippen LogP contribution in [0.3, 0.4) is 0 Å². The van der Waals surface area contributed by atoms with Crippen molar-refractivity contribution >= 4 is 33.2 Å². The third-order valence-electron chi connectivity index (χ3n) is 2.07. The maximum absolute atomic E-state index is 10.7. The molecule has 0 bridgehead atoms. The number of hydrogen-bond acceptors (Lipinski definition) is 3. The number of carboxylic acid groups (broad SMARTS) is 1. The molecule has 0 amide bonds. The van der Waals surface area contributed by atoms with Crippen molar-refractivity contribution in [1.82, 2.24) is 5.32 Å². The molecule has 0 aliphatic heterocycles. The van der Waals surface area contributed by atoms with Gasteiger partial charge in [-0.15, -0.1) is 11.3 Å². The zero-order valence-electron chi connectivity index (χ0n) is 9.00. The average Bonchev–Trinajstić information content (AvgIpc) is 2.64. The van der Waals surface area contributed by atoms with E-state index in [-0.39, 0.29) is 0 Å². The van der Waals surface area contributed by atoms with Crippen LogP contribution in [-0.2, 0) is 11.3 Å². The molecule has 0 aliphatic rings. The minimum absolute atomic E-state index is 0.458. The third-order valence-corrected chi connectivity index (χ3v) is 3.77. The number of carbonyl (C=O) groups is 1. The van der Waals surface area contributed by atoms with Gasteiger partial charge in [0.15, 0.2) is 0 Å². The molecule has 2 N–H and O–H groups in total. The number of hydrogen-bond donors (Lipinski definition) is 2. The van der Waals surface area contributed by atoms with Crippen molar-refractivity contribution in [3.8, 4) is 0 Å². The molecule has 0 aromatic carbocycles. The fourth-order valence-corrected chi connectivity index (χ4v) is 2.64. The molecule has 88 valence electrons. The van der Waals surface area contributed by atoms with Crippen molar-refractivity contribution in [2.24, 2.45) is 0 Å². The minimum atomic E-state index is -0.830. The van der Waals surface area contributed by atoms with Crippen molar-refractivity contribution in [2.45, 2.75) is 19.9 Å². The summed E-state index contributed by atoms with van der Waals surface area (Å²) in [6.07, 6.45) is 2.28. The molecule has 16 heavy (non-hydrogen) atoms. The first-order valence-corrected chi connectivity index (χ1v) is 6.66. The Morgan fingerprint density at radius 3 is 2.94 bits per heavy atom. The second kappa shape index (κ2) is 6.83. The van der Waals surface area contributed by atoms with E-state index in [9.17, 15) is 4.79 Å². The van der Waals surface area contributed by atoms with E-state index in [1.54, 1.807) is 17.4 Å². The molecular formula is C11H14BrNO2S. The molecule has 0 atom stereocenters. The summed E-state index contributed by atoms with van der Waals surface area (Å²) in [7, 11) is 0. The van der Waals surface area contributed by atoms with Gasteiger partial charge in [0.2, 0.25) is 0 Å². The Bertz CT molecular complexity index is 387. The van der Waals surface area contributed by atoms with E-state index < -0.39 is 5.97 Å². The molecular weight excluding hydrogens is 290 g/mol. The standard InChI is InChI=1S/C11H14BrNO2S/c1-2-8(11(14)15)3-4-13-6-10-5-9(12)7-16-10/h3,5,7,13H,2,4,6H2,1H3,(H,14,15). The van der Waals surface area contributed by atoms with Crippen LogP contribution in [0.4, 0.5) is 0 Å². The summed E-state index contributed by atoms with van der Waals surface area (Å²) in [6.45, 7) is 3.20. The first-order valence-electron chi connectivity index (χ1n) is 4.99. The highest BCUT2D eigenvalue weighted by Crippen LogP contribution is 2.19. The van der Waals surface area contributed by atoms with Gasteiger partial charge in [0, 0.05) is 33.4 Å². The van der Waals surface area contributed by atoms with Crippen LogP contribution in [0.1, 0.15) is 18.2 Å². The van der Waals surface area contributed by atoms with Crippen molar-refractivity contribution in [2.75, 3.05) is 6.54 Å². The third kappa shape index (κ3) is 4.47. The molecule has 0 saturated heterocycles. The van der Waals surface area contributed by atoms with Gasteiger partial charge in [-0.25, -0.2) is 4.79 Å². The van der Waals surface area contributed by atoms with Crippen LogP contribution in [0.25, 0.3) is 0 Å². The summed E-state index contributed by atoms with van der Waals surface area (Å²) >= 11 is 5.06. The number of nitrogens with one attached hydrogen (secondary N) is 1. The quantitative estimate of drug-likeness (QED) is 0.627. The van der Waals surface area contributed by atoms with Crippen LogP contribution in [0.2, 0.25) is 0 Å². The van der Waals surface area contributed by atoms with Gasteiger partial charge in [0.25, 0.3) is 0 Å². The molecule has 3 nitrogen and oxygen atoms in total. The lowest BCUT2D eigenvalue weighted by molar-refractivity contribution is -0.132. The van der Waals surface area contributed by atoms with Crippen LogP contribution in [0.15, 0.2) is 27.6 Å². The van der Waals surface area contributed by atoms with Crippen LogP contribution in [-0.4, -0.2) is 17.6 Å². The van der Waals surface area contributed by atoms with Gasteiger partial charge in [0.05, 0.1) is 0 Å². The number of thiophene rings is 1. The Morgan fingerprint density at radius 2 is 2.44 bits per heavy atom. The molecule has 0 radical (unpaired) electrons. The van der Waals surface area contributed by atoms with E-state index in [1.807, 2.05) is 12.3 Å². The maximum Gasteiger partial charge on any atom is 0.331 e. The molecule has 1 rings (SSSR count). The molecule has 5 heteroatoms. The first-order chi connectivity index (χ1) is 7.63. The average molecular weight is 304 g/mol. The SMILES string of the molecule is CCC(=CCNCc1cc(Br)cs1)C(=O)O. The van der Waals surface area contributed by atoms with E-state index >= 15 is 0 Å². The lowest BCUT2D eigenvalue weighted by Crippen LogP contribution is -2.13. The molecule has 0 saturated carbocycles. The highest BCUT2D eigenvalue weighted by molar-refractivity contribution is 9.10. The first kappa shape index (κ1) is 13.4. The predicted octanol–water partition coefficient (Wildman–Crippen LogP) is 3.02. The Balaban J connectivity index is 2.33. The highest BCUT2D eigenvalue weighted by Gasteiger charge is 2.02. The zero-order chi connectivity index (χ0) is 12.0. The molecule has 0 spiro atoms. The molecule has 0 aliphatic carbocycles. The van der Waals surface area contributed by atoms with Gasteiger partial charge in [-0.1, -0.05) is 13.0 Å². The highest BCUT2D eigenvalue weighted by atomic mass is 79.9. The molecule has 0 fully saturated rings. The fraction of sp³-hybridized carbons (Fsp3) is 0.364. The van der Waals surface area contributed by atoms with Gasteiger partial charge < -0.3 is 10.4 Å². The van der Waals surface area contributed by atoms with E-state index in [1.165, 1.54) is 4.88 Å². The summed E-state index contributed by atoms with van der Waals surface area (Å²) in [4.78, 5) is 11.9. The monoisotopic (exact) mass is 303 g/mol. The topological polar surface area (TPSA) is 49.3 Å². The Hall–Kier alpha value is -0.650. The van der Waals surface area contributed by atoms with Crippen LogP contribution in [0, 0.1) is 0 Å². The summed E-state index contributed by atoms with van der Waals surface area (Å²) < 4.78 is 1.09. The van der Waals surface area contributed by atoms with E-state index in [0.717, 1.165) is 11.0 Å². The zero-order valence-corrected chi connectivity index (χ0v) is 11.4. The van der Waals surface area contributed by atoms with E-state index in [4.69, 9.17) is 5.11 Å². The van der Waals surface area contributed by atoms with Crippen molar-refractivity contribution in [3.05, 3.63) is 32.4 Å². The lowest BCUT2D eigenvalue weighted by atomic mass is 10.2. The Kier molecular flexibility index (Phi) is 5.73. The van der Waals surface area contributed by atoms with Crippen molar-refractivity contribution < 1.29 is 9.90 Å². The normalized spacial score (nSPS) is 11.8. The Morgan fingerprint density at radius 1 is 1.69 bits per heavy atom. The molecule has 0 unspecified atom stereocenters. The van der Waals surface area contributed by atoms with Gasteiger partial charge in [0.1, 0.15) is 0 Å². The van der Waals surface area contributed by atoms with E-state index in [0.29, 0.717) is 18.5 Å². The maximum atomic E-state index is 10.7. The van der Waals surface area contributed by atoms with Crippen molar-refractivity contribution in [3.63, 3.8) is 0 Å². The number of aliphatic carboxylic acids is 1. The second-order valence-electron chi connectivity index (χ2n) is 3.25. The minimum Gasteiger partial charge on any atom is -0.478 e. The predicted molar refractivity (Wildman–Crippen MR) is 69.7 cm³/mol. The molecule has 1 heterocycles. The summed E-state index contributed by atoms with van der Waals surface area (Å²) in [5.41, 5.74) is 0.458. The summed E-state index contributed by atoms with van der Waals surface area (Å²) in [5, 5.41) is 14.0. The summed E-state index contributed by atoms with van der Waals surface area (Å²) in [6, 6.07) is 2.05. The largest absolute Gasteiger partial charge is 0.478 e.